The Morgan fingerprint density at radius 2 is 1.68 bits per heavy atom. The molecule has 0 radical (unpaired) electrons. The van der Waals surface area contributed by atoms with Crippen LogP contribution in [0.1, 0.15) is 41.0 Å². The molecule has 0 aliphatic carbocycles. The summed E-state index contributed by atoms with van der Waals surface area (Å²) in [5.74, 6) is 0.0941. The SMILES string of the molecule is CCOCC(C)(C)CC(C)(C)N1CCN(C(=O)COC)CC1. The highest BCUT2D eigenvalue weighted by Crippen LogP contribution is 2.32. The van der Waals surface area contributed by atoms with Crippen molar-refractivity contribution in [1.82, 2.24) is 9.80 Å². The Balaban J connectivity index is 2.52. The van der Waals surface area contributed by atoms with Crippen molar-refractivity contribution in [2.24, 2.45) is 5.41 Å². The maximum absolute atomic E-state index is 11.9. The van der Waals surface area contributed by atoms with Crippen molar-refractivity contribution < 1.29 is 14.3 Å². The molecule has 1 rings (SSSR count). The molecule has 1 aliphatic rings. The quantitative estimate of drug-likeness (QED) is 0.687. The van der Waals surface area contributed by atoms with Crippen LogP contribution >= 0.6 is 0 Å². The number of carbonyl (C=O) groups excluding carboxylic acids is 1. The second-order valence-electron chi connectivity index (χ2n) is 7.59. The summed E-state index contributed by atoms with van der Waals surface area (Å²) in [6.07, 6.45) is 1.08. The van der Waals surface area contributed by atoms with Gasteiger partial charge in [-0.1, -0.05) is 13.8 Å². The fraction of sp³-hybridized carbons (Fsp3) is 0.941. The van der Waals surface area contributed by atoms with Crippen LogP contribution in [0.5, 0.6) is 0 Å². The van der Waals surface area contributed by atoms with E-state index in [0.717, 1.165) is 45.8 Å². The van der Waals surface area contributed by atoms with Gasteiger partial charge >= 0.3 is 0 Å². The summed E-state index contributed by atoms with van der Waals surface area (Å²) in [5.41, 5.74) is 0.263. The lowest BCUT2D eigenvalue weighted by molar-refractivity contribution is -0.138. The zero-order valence-corrected chi connectivity index (χ0v) is 15.3. The summed E-state index contributed by atoms with van der Waals surface area (Å²) in [6.45, 7) is 16.3. The van der Waals surface area contributed by atoms with Crippen molar-refractivity contribution in [3.05, 3.63) is 0 Å². The molecule has 5 heteroatoms. The van der Waals surface area contributed by atoms with Gasteiger partial charge in [0.2, 0.25) is 5.91 Å². The minimum atomic E-state index is 0.0941. The minimum absolute atomic E-state index is 0.0941. The summed E-state index contributed by atoms with van der Waals surface area (Å²) in [5, 5.41) is 0. The molecule has 0 spiro atoms. The maximum Gasteiger partial charge on any atom is 0.248 e. The molecule has 0 atom stereocenters. The van der Waals surface area contributed by atoms with Gasteiger partial charge in [-0.2, -0.15) is 0 Å². The Morgan fingerprint density at radius 1 is 1.09 bits per heavy atom. The number of rotatable bonds is 8. The Labute approximate surface area is 135 Å². The molecule has 0 bridgehead atoms. The predicted octanol–water partition coefficient (Wildman–Crippen LogP) is 2.01. The highest BCUT2D eigenvalue weighted by Gasteiger charge is 2.35. The third-order valence-electron chi connectivity index (χ3n) is 4.36. The lowest BCUT2D eigenvalue weighted by atomic mass is 9.79. The van der Waals surface area contributed by atoms with Crippen LogP contribution in [0.2, 0.25) is 0 Å². The van der Waals surface area contributed by atoms with Crippen molar-refractivity contribution >= 4 is 5.91 Å². The number of piperazine rings is 1. The van der Waals surface area contributed by atoms with Crippen LogP contribution in [0.25, 0.3) is 0 Å². The molecule has 1 aliphatic heterocycles. The lowest BCUT2D eigenvalue weighted by Crippen LogP contribution is -2.57. The van der Waals surface area contributed by atoms with E-state index in [4.69, 9.17) is 9.47 Å². The van der Waals surface area contributed by atoms with Crippen LogP contribution in [-0.2, 0) is 14.3 Å². The van der Waals surface area contributed by atoms with Gasteiger partial charge in [-0.25, -0.2) is 0 Å². The molecule has 0 unspecified atom stereocenters. The second-order valence-corrected chi connectivity index (χ2v) is 7.59. The number of ether oxygens (including phenoxy) is 2. The standard InChI is InChI=1S/C17H34N2O3/c1-7-22-14-16(2,3)13-17(4,5)19-10-8-18(9-11-19)15(20)12-21-6/h7-14H2,1-6H3. The van der Waals surface area contributed by atoms with Gasteiger partial charge in [0.1, 0.15) is 6.61 Å². The van der Waals surface area contributed by atoms with Crippen molar-refractivity contribution in [3.63, 3.8) is 0 Å². The van der Waals surface area contributed by atoms with Crippen LogP contribution < -0.4 is 0 Å². The summed E-state index contributed by atoms with van der Waals surface area (Å²) < 4.78 is 10.6. The van der Waals surface area contributed by atoms with Crippen LogP contribution in [-0.4, -0.2) is 74.4 Å². The van der Waals surface area contributed by atoms with E-state index < -0.39 is 0 Å². The number of hydrogen-bond donors (Lipinski definition) is 0. The van der Waals surface area contributed by atoms with Crippen LogP contribution in [0.4, 0.5) is 0 Å². The zero-order valence-electron chi connectivity index (χ0n) is 15.3. The van der Waals surface area contributed by atoms with Crippen molar-refractivity contribution in [2.75, 3.05) is 53.1 Å². The van der Waals surface area contributed by atoms with Crippen LogP contribution in [0, 0.1) is 5.41 Å². The molecular weight excluding hydrogens is 280 g/mol. The summed E-state index contributed by atoms with van der Waals surface area (Å²) in [6, 6.07) is 0. The average Bonchev–Trinajstić information content (AvgIpc) is 2.44. The molecular formula is C17H34N2O3. The summed E-state index contributed by atoms with van der Waals surface area (Å²) in [7, 11) is 1.57. The first-order chi connectivity index (χ1) is 10.2. The molecule has 1 fully saturated rings. The summed E-state index contributed by atoms with van der Waals surface area (Å²) >= 11 is 0. The fourth-order valence-corrected chi connectivity index (χ4v) is 3.49. The van der Waals surface area contributed by atoms with E-state index in [1.807, 2.05) is 11.8 Å². The molecule has 1 amide bonds. The van der Waals surface area contributed by atoms with Gasteiger partial charge in [0, 0.05) is 45.4 Å². The summed E-state index contributed by atoms with van der Waals surface area (Å²) in [4.78, 5) is 16.3. The Bertz CT molecular complexity index is 348. The topological polar surface area (TPSA) is 42.0 Å². The molecule has 0 N–H and O–H groups in total. The molecule has 0 aromatic carbocycles. The third kappa shape index (κ3) is 5.86. The van der Waals surface area contributed by atoms with E-state index in [2.05, 4.69) is 32.6 Å². The molecule has 1 saturated heterocycles. The fourth-order valence-electron chi connectivity index (χ4n) is 3.49. The number of methoxy groups -OCH3 is 1. The van der Waals surface area contributed by atoms with Crippen molar-refractivity contribution in [2.45, 2.75) is 46.6 Å². The average molecular weight is 314 g/mol. The smallest absolute Gasteiger partial charge is 0.248 e. The highest BCUT2D eigenvalue weighted by atomic mass is 16.5. The van der Waals surface area contributed by atoms with E-state index in [0.29, 0.717) is 0 Å². The Kier molecular flexibility index (Phi) is 7.29. The number of nitrogens with zero attached hydrogens (tertiary/aromatic N) is 2. The second kappa shape index (κ2) is 8.27. The molecule has 130 valence electrons. The van der Waals surface area contributed by atoms with Gasteiger partial charge in [0.05, 0.1) is 6.61 Å². The van der Waals surface area contributed by atoms with Gasteiger partial charge in [0.15, 0.2) is 0 Å². The first-order valence-corrected chi connectivity index (χ1v) is 8.31. The predicted molar refractivity (Wildman–Crippen MR) is 89.0 cm³/mol. The first kappa shape index (κ1) is 19.4. The van der Waals surface area contributed by atoms with Gasteiger partial charge in [-0.15, -0.1) is 0 Å². The molecule has 0 saturated carbocycles. The molecule has 1 heterocycles. The molecule has 5 nitrogen and oxygen atoms in total. The number of hydrogen-bond acceptors (Lipinski definition) is 4. The van der Waals surface area contributed by atoms with E-state index in [9.17, 15) is 4.79 Å². The Hall–Kier alpha value is -0.650. The van der Waals surface area contributed by atoms with Gasteiger partial charge in [0.25, 0.3) is 0 Å². The minimum Gasteiger partial charge on any atom is -0.381 e. The number of amides is 1. The van der Waals surface area contributed by atoms with Crippen molar-refractivity contribution in [3.8, 4) is 0 Å². The zero-order chi connectivity index (χ0) is 16.8. The number of carbonyl (C=O) groups is 1. The van der Waals surface area contributed by atoms with Gasteiger partial charge in [-0.3, -0.25) is 9.69 Å². The monoisotopic (exact) mass is 314 g/mol. The van der Waals surface area contributed by atoms with Gasteiger partial charge in [-0.05, 0) is 32.6 Å². The molecule has 22 heavy (non-hydrogen) atoms. The largest absolute Gasteiger partial charge is 0.381 e. The maximum atomic E-state index is 11.9. The normalized spacial score (nSPS) is 17.8. The first-order valence-electron chi connectivity index (χ1n) is 8.31. The third-order valence-corrected chi connectivity index (χ3v) is 4.36. The molecule has 0 aromatic rings. The highest BCUT2D eigenvalue weighted by molar-refractivity contribution is 5.77. The van der Waals surface area contributed by atoms with E-state index in [1.165, 1.54) is 0 Å². The lowest BCUT2D eigenvalue weighted by Gasteiger charge is -2.47. The van der Waals surface area contributed by atoms with E-state index in [1.54, 1.807) is 7.11 Å². The van der Waals surface area contributed by atoms with Gasteiger partial charge < -0.3 is 14.4 Å². The van der Waals surface area contributed by atoms with Crippen molar-refractivity contribution in [1.29, 1.82) is 0 Å². The van der Waals surface area contributed by atoms with Crippen LogP contribution in [0.3, 0.4) is 0 Å². The van der Waals surface area contributed by atoms with Crippen LogP contribution in [0.15, 0.2) is 0 Å². The van der Waals surface area contributed by atoms with E-state index in [-0.39, 0.29) is 23.5 Å². The van der Waals surface area contributed by atoms with E-state index >= 15 is 0 Å². The molecule has 0 aromatic heterocycles. The Morgan fingerprint density at radius 3 is 2.18 bits per heavy atom.